The highest BCUT2D eigenvalue weighted by Gasteiger charge is 2.51. The van der Waals surface area contributed by atoms with Crippen LogP contribution in [0, 0.1) is 0 Å². The molecule has 0 aliphatic heterocycles. The van der Waals surface area contributed by atoms with Crippen LogP contribution in [0.5, 0.6) is 0 Å². The van der Waals surface area contributed by atoms with Gasteiger partial charge in [0.05, 0.1) is 5.41 Å². The number of rotatable bonds is 6. The molecule has 0 aromatic heterocycles. The van der Waals surface area contributed by atoms with Crippen molar-refractivity contribution < 1.29 is 4.79 Å². The molecule has 0 heterocycles. The van der Waals surface area contributed by atoms with Gasteiger partial charge in [-0.1, -0.05) is 28.1 Å². The smallest absolute Gasteiger partial charge is 0.230 e. The van der Waals surface area contributed by atoms with E-state index in [0.29, 0.717) is 0 Å². The van der Waals surface area contributed by atoms with Crippen LogP contribution in [0.2, 0.25) is 0 Å². The molecule has 1 amide bonds. The maximum absolute atomic E-state index is 12.3. The Kier molecular flexibility index (Phi) is 6.30. The summed E-state index contributed by atoms with van der Waals surface area (Å²) in [5.74, 6) is 0.178. The third-order valence-electron chi connectivity index (χ3n) is 3.45. The van der Waals surface area contributed by atoms with E-state index >= 15 is 0 Å². The third kappa shape index (κ3) is 3.94. The molecule has 0 radical (unpaired) electrons. The van der Waals surface area contributed by atoms with Gasteiger partial charge < -0.3 is 10.6 Å². The molecule has 1 fully saturated rings. The predicted molar refractivity (Wildman–Crippen MR) is 83.9 cm³/mol. The fraction of sp³-hybridized carbons (Fsp3) is 0.500. The first-order chi connectivity index (χ1) is 8.69. The molecule has 1 aliphatic rings. The van der Waals surface area contributed by atoms with E-state index in [9.17, 15) is 4.79 Å². The average molecular weight is 348 g/mol. The minimum atomic E-state index is -0.260. The van der Waals surface area contributed by atoms with Crippen LogP contribution in [-0.4, -0.2) is 26.0 Å². The van der Waals surface area contributed by atoms with E-state index in [-0.39, 0.29) is 23.7 Å². The highest BCUT2D eigenvalue weighted by Crippen LogP contribution is 2.48. The molecular formula is C14H20BrClN2O. The zero-order valence-electron chi connectivity index (χ0n) is 11.0. The predicted octanol–water partition coefficient (Wildman–Crippen LogP) is 2.63. The molecule has 5 heteroatoms. The topological polar surface area (TPSA) is 41.1 Å². The van der Waals surface area contributed by atoms with Gasteiger partial charge in [0.1, 0.15) is 0 Å². The van der Waals surface area contributed by atoms with Gasteiger partial charge in [0.2, 0.25) is 5.91 Å². The highest BCUT2D eigenvalue weighted by molar-refractivity contribution is 9.10. The second kappa shape index (κ2) is 7.27. The van der Waals surface area contributed by atoms with E-state index in [1.165, 1.54) is 0 Å². The fourth-order valence-electron chi connectivity index (χ4n) is 2.19. The number of benzene rings is 1. The second-order valence-corrected chi connectivity index (χ2v) is 5.72. The lowest BCUT2D eigenvalue weighted by Gasteiger charge is -2.16. The Hall–Kier alpha value is -0.580. The largest absolute Gasteiger partial charge is 0.355 e. The van der Waals surface area contributed by atoms with E-state index in [1.807, 2.05) is 25.2 Å². The summed E-state index contributed by atoms with van der Waals surface area (Å²) in [6.45, 7) is 1.68. The molecule has 106 valence electrons. The van der Waals surface area contributed by atoms with Crippen molar-refractivity contribution in [3.05, 3.63) is 34.3 Å². The van der Waals surface area contributed by atoms with Crippen molar-refractivity contribution in [2.24, 2.45) is 0 Å². The fourth-order valence-corrected chi connectivity index (χ4v) is 2.59. The van der Waals surface area contributed by atoms with Gasteiger partial charge in [-0.3, -0.25) is 4.79 Å². The molecule has 0 unspecified atom stereocenters. The van der Waals surface area contributed by atoms with Gasteiger partial charge in [0.25, 0.3) is 0 Å². The molecule has 1 aliphatic carbocycles. The van der Waals surface area contributed by atoms with Crippen LogP contribution in [0.15, 0.2) is 28.7 Å². The van der Waals surface area contributed by atoms with Crippen LogP contribution < -0.4 is 10.6 Å². The lowest BCUT2D eigenvalue weighted by Crippen LogP contribution is -2.36. The number of nitrogens with one attached hydrogen (secondary N) is 2. The van der Waals surface area contributed by atoms with Gasteiger partial charge in [0.15, 0.2) is 0 Å². The minimum Gasteiger partial charge on any atom is -0.355 e. The highest BCUT2D eigenvalue weighted by atomic mass is 79.9. The first-order valence-corrected chi connectivity index (χ1v) is 7.17. The zero-order valence-corrected chi connectivity index (χ0v) is 13.4. The van der Waals surface area contributed by atoms with E-state index in [0.717, 1.165) is 42.4 Å². The van der Waals surface area contributed by atoms with Crippen LogP contribution in [0.3, 0.4) is 0 Å². The molecule has 2 N–H and O–H groups in total. The Morgan fingerprint density at radius 2 is 2.11 bits per heavy atom. The monoisotopic (exact) mass is 346 g/mol. The molecule has 1 aromatic rings. The van der Waals surface area contributed by atoms with Crippen LogP contribution >= 0.6 is 28.3 Å². The van der Waals surface area contributed by atoms with Crippen molar-refractivity contribution >= 4 is 34.2 Å². The molecule has 2 rings (SSSR count). The first kappa shape index (κ1) is 16.5. The molecular weight excluding hydrogens is 328 g/mol. The number of carbonyl (C=O) groups excluding carboxylic acids is 1. The van der Waals surface area contributed by atoms with Gasteiger partial charge in [-0.25, -0.2) is 0 Å². The summed E-state index contributed by atoms with van der Waals surface area (Å²) in [7, 11) is 1.92. The molecule has 19 heavy (non-hydrogen) atoms. The van der Waals surface area contributed by atoms with Crippen molar-refractivity contribution in [3.63, 3.8) is 0 Å². The molecule has 1 aromatic carbocycles. The number of halogens is 2. The normalized spacial score (nSPS) is 15.5. The number of carbonyl (C=O) groups is 1. The van der Waals surface area contributed by atoms with Crippen molar-refractivity contribution in [1.82, 2.24) is 10.6 Å². The first-order valence-electron chi connectivity index (χ1n) is 6.38. The zero-order chi connectivity index (χ0) is 13.0. The number of amides is 1. The molecule has 0 spiro atoms. The van der Waals surface area contributed by atoms with Crippen molar-refractivity contribution in [2.45, 2.75) is 24.7 Å². The maximum Gasteiger partial charge on any atom is 0.230 e. The quantitative estimate of drug-likeness (QED) is 0.777. The Balaban J connectivity index is 0.00000180. The van der Waals surface area contributed by atoms with Crippen LogP contribution in [0.25, 0.3) is 0 Å². The summed E-state index contributed by atoms with van der Waals surface area (Å²) < 4.78 is 1.04. The lowest BCUT2D eigenvalue weighted by atomic mass is 9.95. The summed E-state index contributed by atoms with van der Waals surface area (Å²) in [5.41, 5.74) is 0.867. The Labute approximate surface area is 129 Å². The van der Waals surface area contributed by atoms with Gasteiger partial charge in [-0.15, -0.1) is 12.4 Å². The SMILES string of the molecule is CNCCCNC(=O)C1(c2cccc(Br)c2)CC1.Cl. The number of hydrogen-bond donors (Lipinski definition) is 2. The third-order valence-corrected chi connectivity index (χ3v) is 3.94. The van der Waals surface area contributed by atoms with E-state index in [2.05, 4.69) is 32.6 Å². The summed E-state index contributed by atoms with van der Waals surface area (Å²) in [5, 5.41) is 6.12. The van der Waals surface area contributed by atoms with Gasteiger partial charge in [-0.05, 0) is 50.6 Å². The summed E-state index contributed by atoms with van der Waals surface area (Å²) >= 11 is 3.46. The number of hydrogen-bond acceptors (Lipinski definition) is 2. The van der Waals surface area contributed by atoms with Crippen molar-refractivity contribution in [1.29, 1.82) is 0 Å². The van der Waals surface area contributed by atoms with Gasteiger partial charge in [0, 0.05) is 11.0 Å². The van der Waals surface area contributed by atoms with Crippen molar-refractivity contribution in [2.75, 3.05) is 20.1 Å². The Morgan fingerprint density at radius 1 is 1.37 bits per heavy atom. The molecule has 0 saturated heterocycles. The molecule has 0 bridgehead atoms. The summed E-state index contributed by atoms with van der Waals surface area (Å²) in [6, 6.07) is 8.09. The van der Waals surface area contributed by atoms with E-state index in [1.54, 1.807) is 0 Å². The summed E-state index contributed by atoms with van der Waals surface area (Å²) in [6.07, 6.45) is 2.89. The maximum atomic E-state index is 12.3. The minimum absolute atomic E-state index is 0. The van der Waals surface area contributed by atoms with Crippen molar-refractivity contribution in [3.8, 4) is 0 Å². The Bertz CT molecular complexity index is 435. The van der Waals surface area contributed by atoms with Gasteiger partial charge >= 0.3 is 0 Å². The Morgan fingerprint density at radius 3 is 2.68 bits per heavy atom. The van der Waals surface area contributed by atoms with Crippen LogP contribution in [-0.2, 0) is 10.2 Å². The van der Waals surface area contributed by atoms with Crippen LogP contribution in [0.1, 0.15) is 24.8 Å². The van der Waals surface area contributed by atoms with E-state index in [4.69, 9.17) is 0 Å². The molecule has 0 atom stereocenters. The second-order valence-electron chi connectivity index (χ2n) is 4.81. The van der Waals surface area contributed by atoms with Crippen LogP contribution in [0.4, 0.5) is 0 Å². The molecule has 1 saturated carbocycles. The standard InChI is InChI=1S/C14H19BrN2O.ClH/c1-16-8-3-9-17-13(18)14(6-7-14)11-4-2-5-12(15)10-11;/h2,4-5,10,16H,3,6-9H2,1H3,(H,17,18);1H. The lowest BCUT2D eigenvalue weighted by molar-refractivity contribution is -0.123. The van der Waals surface area contributed by atoms with Gasteiger partial charge in [-0.2, -0.15) is 0 Å². The average Bonchev–Trinajstić information content (AvgIpc) is 3.16. The van der Waals surface area contributed by atoms with E-state index < -0.39 is 0 Å². The molecule has 3 nitrogen and oxygen atoms in total. The summed E-state index contributed by atoms with van der Waals surface area (Å²) in [4.78, 5) is 12.3.